The number of carbonyl (C=O) groups excluding carboxylic acids is 1. The van der Waals surface area contributed by atoms with E-state index in [-0.39, 0.29) is 23.1 Å². The molecule has 31 heavy (non-hydrogen) atoms. The molecule has 6 nitrogen and oxygen atoms in total. The highest BCUT2D eigenvalue weighted by atomic mass is 127. The van der Waals surface area contributed by atoms with Gasteiger partial charge >= 0.3 is 0 Å². The van der Waals surface area contributed by atoms with Crippen molar-refractivity contribution in [2.75, 3.05) is 13.2 Å². The van der Waals surface area contributed by atoms with Crippen LogP contribution < -0.4 is 16.1 Å². The summed E-state index contributed by atoms with van der Waals surface area (Å²) in [6, 6.07) is 7.83. The molecule has 0 aliphatic carbocycles. The molecular weight excluding hydrogens is 505 g/mol. The van der Waals surface area contributed by atoms with Crippen LogP contribution in [0.3, 0.4) is 0 Å². The predicted octanol–water partition coefficient (Wildman–Crippen LogP) is 3.74. The van der Waals surface area contributed by atoms with E-state index < -0.39 is 0 Å². The Balaban J connectivity index is 1.66. The number of aryl methyl sites for hydroxylation is 1. The van der Waals surface area contributed by atoms with E-state index in [2.05, 4.69) is 33.2 Å². The van der Waals surface area contributed by atoms with E-state index in [4.69, 9.17) is 4.74 Å². The Morgan fingerprint density at radius 1 is 1.23 bits per heavy atom. The van der Waals surface area contributed by atoms with E-state index in [0.29, 0.717) is 11.5 Å². The lowest BCUT2D eigenvalue weighted by molar-refractivity contribution is 0.0611. The monoisotopic (exact) mass is 531 g/mol. The third-order valence-corrected chi connectivity index (χ3v) is 6.30. The second kappa shape index (κ2) is 9.82. The molecule has 1 aromatic carbocycles. The number of benzene rings is 1. The summed E-state index contributed by atoms with van der Waals surface area (Å²) in [6.07, 6.45) is 10.8. The lowest BCUT2D eigenvalue weighted by Gasteiger charge is -2.24. The number of carbonyl (C=O) groups is 1. The molecule has 1 aromatic heterocycles. The number of rotatable bonds is 5. The van der Waals surface area contributed by atoms with Crippen LogP contribution >= 0.6 is 22.6 Å². The smallest absolute Gasteiger partial charge is 0.258 e. The van der Waals surface area contributed by atoms with Gasteiger partial charge in [-0.25, -0.2) is 0 Å². The Morgan fingerprint density at radius 2 is 1.97 bits per heavy atom. The molecule has 2 N–H and O–H groups in total. The number of allylic oxidation sites excluding steroid dienone is 2. The summed E-state index contributed by atoms with van der Waals surface area (Å²) in [6.45, 7) is 4.28. The second-order valence-corrected chi connectivity index (χ2v) is 9.29. The number of aromatic nitrogens is 1. The summed E-state index contributed by atoms with van der Waals surface area (Å²) in [5.41, 5.74) is 2.39. The summed E-state index contributed by atoms with van der Waals surface area (Å²) >= 11 is 2.20. The molecule has 162 valence electrons. The van der Waals surface area contributed by atoms with Gasteiger partial charge < -0.3 is 19.9 Å². The highest BCUT2D eigenvalue weighted by Gasteiger charge is 2.20. The van der Waals surface area contributed by atoms with E-state index in [1.165, 1.54) is 0 Å². The van der Waals surface area contributed by atoms with Gasteiger partial charge in [-0.2, -0.15) is 0 Å². The number of pyridine rings is 1. The lowest BCUT2D eigenvalue weighted by Crippen LogP contribution is -2.44. The van der Waals surface area contributed by atoms with Crippen molar-refractivity contribution in [2.45, 2.75) is 32.5 Å². The molecule has 0 spiro atoms. The van der Waals surface area contributed by atoms with Gasteiger partial charge in [0.05, 0.1) is 0 Å². The predicted molar refractivity (Wildman–Crippen MR) is 130 cm³/mol. The molecule has 4 rings (SSSR count). The molecule has 0 radical (unpaired) electrons. The molecule has 1 fully saturated rings. The van der Waals surface area contributed by atoms with Crippen LogP contribution in [0, 0.1) is 12.8 Å². The van der Waals surface area contributed by atoms with Gasteiger partial charge in [0.1, 0.15) is 11.7 Å². The van der Waals surface area contributed by atoms with Crippen LogP contribution in [0.2, 0.25) is 0 Å². The maximum absolute atomic E-state index is 13.3. The minimum Gasteiger partial charge on any atom is -0.381 e. The third-order valence-electron chi connectivity index (χ3n) is 5.63. The van der Waals surface area contributed by atoms with Gasteiger partial charge in [-0.1, -0.05) is 29.8 Å². The minimum absolute atomic E-state index is 0.157. The maximum atomic E-state index is 13.3. The summed E-state index contributed by atoms with van der Waals surface area (Å²) in [4.78, 5) is 26.3. The van der Waals surface area contributed by atoms with Gasteiger partial charge in [-0.3, -0.25) is 9.59 Å². The van der Waals surface area contributed by atoms with Crippen molar-refractivity contribution in [3.63, 3.8) is 0 Å². The first-order valence-electron chi connectivity index (χ1n) is 10.5. The number of nitrogens with zero attached hydrogens (tertiary/aromatic N) is 1. The van der Waals surface area contributed by atoms with E-state index in [0.717, 1.165) is 47.3 Å². The zero-order valence-electron chi connectivity index (χ0n) is 17.4. The van der Waals surface area contributed by atoms with Crippen molar-refractivity contribution < 1.29 is 9.53 Å². The summed E-state index contributed by atoms with van der Waals surface area (Å²) in [7, 11) is 0. The molecule has 1 atom stereocenters. The first-order valence-corrected chi connectivity index (χ1v) is 11.6. The Kier molecular flexibility index (Phi) is 6.92. The quantitative estimate of drug-likeness (QED) is 0.577. The minimum atomic E-state index is -0.382. The first-order chi connectivity index (χ1) is 15.0. The number of dihydropyridines is 1. The van der Waals surface area contributed by atoms with Gasteiger partial charge in [0, 0.05) is 47.5 Å². The van der Waals surface area contributed by atoms with Gasteiger partial charge in [0.15, 0.2) is 0 Å². The number of nitrogens with one attached hydrogen (secondary N) is 2. The van der Waals surface area contributed by atoms with Crippen molar-refractivity contribution in [1.29, 1.82) is 0 Å². The van der Waals surface area contributed by atoms with Crippen LogP contribution in [-0.2, 0) is 11.3 Å². The van der Waals surface area contributed by atoms with Gasteiger partial charge in [-0.15, -0.1) is 0 Å². The largest absolute Gasteiger partial charge is 0.381 e. The lowest BCUT2D eigenvalue weighted by atomic mass is 9.99. The van der Waals surface area contributed by atoms with Crippen LogP contribution in [-0.4, -0.2) is 29.9 Å². The number of hydrogen-bond donors (Lipinski definition) is 2. The fourth-order valence-electron chi connectivity index (χ4n) is 3.83. The molecule has 1 saturated heterocycles. The van der Waals surface area contributed by atoms with Crippen molar-refractivity contribution in [2.24, 2.45) is 5.92 Å². The number of amides is 1. The molecule has 7 heteroatoms. The van der Waals surface area contributed by atoms with E-state index >= 15 is 0 Å². The fourth-order valence-corrected chi connectivity index (χ4v) is 4.22. The normalized spacial score (nSPS) is 18.9. The Labute approximate surface area is 195 Å². The molecule has 0 bridgehead atoms. The first kappa shape index (κ1) is 21.8. The molecule has 2 aromatic rings. The standard InChI is InChI=1S/C24H26IN3O3/c1-16-2-4-18(5-3-16)20-14-28(13-17-8-10-31-11-9-17)15-21(23(20)29)24(30)27-22-7-6-19(25)12-26-22/h2-7,12,14-15,17,22,26H,8-11,13H2,1H3,(H,27,30). The maximum Gasteiger partial charge on any atom is 0.258 e. The van der Waals surface area contributed by atoms with Crippen LogP contribution in [0.25, 0.3) is 11.1 Å². The summed E-state index contributed by atoms with van der Waals surface area (Å²) < 4.78 is 8.51. The number of ether oxygens (including phenoxy) is 1. The van der Waals surface area contributed by atoms with Crippen molar-refractivity contribution >= 4 is 28.5 Å². The summed E-state index contributed by atoms with van der Waals surface area (Å²) in [5.74, 6) is 0.0836. The second-order valence-electron chi connectivity index (χ2n) is 8.04. The van der Waals surface area contributed by atoms with Crippen molar-refractivity contribution in [1.82, 2.24) is 15.2 Å². The Bertz CT molecular complexity index is 1070. The van der Waals surface area contributed by atoms with Gasteiger partial charge in [-0.05, 0) is 66.0 Å². The third kappa shape index (κ3) is 5.46. The van der Waals surface area contributed by atoms with Crippen LogP contribution in [0.5, 0.6) is 0 Å². The molecule has 1 unspecified atom stereocenters. The Morgan fingerprint density at radius 3 is 2.65 bits per heavy atom. The molecule has 1 amide bonds. The molecule has 0 saturated carbocycles. The van der Waals surface area contributed by atoms with Crippen LogP contribution in [0.1, 0.15) is 28.8 Å². The number of hydrogen-bond acceptors (Lipinski definition) is 4. The fraction of sp³-hybridized carbons (Fsp3) is 0.333. The molecular formula is C24H26IN3O3. The van der Waals surface area contributed by atoms with Crippen molar-refractivity contribution in [3.8, 4) is 11.1 Å². The van der Waals surface area contributed by atoms with Crippen LogP contribution in [0.4, 0.5) is 0 Å². The topological polar surface area (TPSA) is 72.4 Å². The average Bonchev–Trinajstić information content (AvgIpc) is 2.78. The van der Waals surface area contributed by atoms with E-state index in [1.54, 1.807) is 6.20 Å². The summed E-state index contributed by atoms with van der Waals surface area (Å²) in [5, 5.41) is 6.01. The van der Waals surface area contributed by atoms with Crippen LogP contribution in [0.15, 0.2) is 63.4 Å². The zero-order valence-corrected chi connectivity index (χ0v) is 19.6. The van der Waals surface area contributed by atoms with E-state index in [1.807, 2.05) is 60.3 Å². The zero-order chi connectivity index (χ0) is 21.8. The Hall–Kier alpha value is -2.39. The SMILES string of the molecule is Cc1ccc(-c2cn(CC3CCOCC3)cc(C(=O)NC3C=CC(I)=CN3)c2=O)cc1. The van der Waals surface area contributed by atoms with E-state index in [9.17, 15) is 9.59 Å². The van der Waals surface area contributed by atoms with Crippen molar-refractivity contribution in [3.05, 3.63) is 79.9 Å². The molecule has 2 aliphatic heterocycles. The van der Waals surface area contributed by atoms with Gasteiger partial charge in [0.2, 0.25) is 5.43 Å². The average molecular weight is 531 g/mol. The highest BCUT2D eigenvalue weighted by molar-refractivity contribution is 14.1. The number of halogens is 1. The van der Waals surface area contributed by atoms with Gasteiger partial charge in [0.25, 0.3) is 5.91 Å². The molecule has 2 aliphatic rings. The molecule has 3 heterocycles. The highest BCUT2D eigenvalue weighted by Crippen LogP contribution is 2.21.